The maximum Gasteiger partial charge on any atom is 0.272 e. The quantitative estimate of drug-likeness (QED) is 0.422. The summed E-state index contributed by atoms with van der Waals surface area (Å²) in [4.78, 5) is 32.7. The maximum absolute atomic E-state index is 13.7. The van der Waals surface area contributed by atoms with Gasteiger partial charge in [0.1, 0.15) is 5.52 Å². The molecule has 0 unspecified atom stereocenters. The van der Waals surface area contributed by atoms with E-state index in [9.17, 15) is 9.59 Å². The summed E-state index contributed by atoms with van der Waals surface area (Å²) in [5, 5.41) is 2.04. The molecule has 2 aromatic heterocycles. The molecular formula is C24H19ClN2O2. The van der Waals surface area contributed by atoms with E-state index in [2.05, 4.69) is 16.0 Å². The molecule has 1 aliphatic carbocycles. The average Bonchev–Trinajstić information content (AvgIpc) is 3.15. The summed E-state index contributed by atoms with van der Waals surface area (Å²) in [6.45, 7) is 0. The number of ketones is 1. The molecule has 0 atom stereocenters. The zero-order valence-corrected chi connectivity index (χ0v) is 16.5. The van der Waals surface area contributed by atoms with Gasteiger partial charge in [-0.1, -0.05) is 48.0 Å². The lowest BCUT2D eigenvalue weighted by molar-refractivity contribution is 0.104. The highest BCUT2D eigenvalue weighted by Gasteiger charge is 2.25. The number of benzene rings is 2. The summed E-state index contributed by atoms with van der Waals surface area (Å²) in [6.07, 6.45) is 6.26. The molecule has 0 fully saturated rings. The first-order valence-electron chi connectivity index (χ1n) is 9.80. The highest BCUT2D eigenvalue weighted by atomic mass is 35.5. The Morgan fingerprint density at radius 3 is 2.66 bits per heavy atom. The summed E-state index contributed by atoms with van der Waals surface area (Å²) < 4.78 is 0. The second kappa shape index (κ2) is 7.05. The molecule has 5 heteroatoms. The Kier molecular flexibility index (Phi) is 4.36. The van der Waals surface area contributed by atoms with Crippen molar-refractivity contribution in [2.75, 3.05) is 0 Å². The van der Waals surface area contributed by atoms with Gasteiger partial charge in [0.25, 0.3) is 5.56 Å². The predicted molar refractivity (Wildman–Crippen MR) is 118 cm³/mol. The van der Waals surface area contributed by atoms with Crippen molar-refractivity contribution in [3.8, 4) is 0 Å². The van der Waals surface area contributed by atoms with E-state index in [0.29, 0.717) is 32.6 Å². The van der Waals surface area contributed by atoms with E-state index in [0.717, 1.165) is 42.3 Å². The lowest BCUT2D eigenvalue weighted by Crippen LogP contribution is -2.07. The topological polar surface area (TPSA) is 65.7 Å². The minimum absolute atomic E-state index is 0.129. The Labute approximate surface area is 172 Å². The fourth-order valence-electron chi connectivity index (χ4n) is 4.24. The van der Waals surface area contributed by atoms with Crippen LogP contribution in [0.15, 0.2) is 59.4 Å². The van der Waals surface area contributed by atoms with Gasteiger partial charge in [-0.25, -0.2) is 0 Å². The smallest absolute Gasteiger partial charge is 0.272 e. The minimum atomic E-state index is -0.221. The number of para-hydroxylation sites is 1. The molecule has 0 saturated heterocycles. The molecule has 5 rings (SSSR count). The molecule has 2 N–H and O–H groups in total. The van der Waals surface area contributed by atoms with Crippen LogP contribution in [0.1, 0.15) is 47.3 Å². The number of hydrogen-bond acceptors (Lipinski definition) is 2. The normalized spacial score (nSPS) is 14.3. The van der Waals surface area contributed by atoms with Crippen LogP contribution in [0.25, 0.3) is 27.4 Å². The zero-order valence-electron chi connectivity index (χ0n) is 15.7. The van der Waals surface area contributed by atoms with Gasteiger partial charge in [-0.05, 0) is 49.5 Å². The van der Waals surface area contributed by atoms with E-state index >= 15 is 0 Å². The molecule has 0 aliphatic heterocycles. The number of pyridine rings is 1. The summed E-state index contributed by atoms with van der Waals surface area (Å²) in [6, 6.07) is 14.6. The van der Waals surface area contributed by atoms with Crippen LogP contribution in [0.2, 0.25) is 5.02 Å². The number of fused-ring (bicyclic) bond motifs is 3. The highest BCUT2D eigenvalue weighted by molar-refractivity contribution is 6.31. The number of carbonyl (C=O) groups is 1. The van der Waals surface area contributed by atoms with Crippen molar-refractivity contribution in [2.45, 2.75) is 25.7 Å². The second-order valence-electron chi connectivity index (χ2n) is 7.44. The monoisotopic (exact) mass is 402 g/mol. The number of aromatic nitrogens is 2. The summed E-state index contributed by atoms with van der Waals surface area (Å²) in [5.41, 5.74) is 3.86. The molecule has 4 nitrogen and oxygen atoms in total. The number of rotatable bonds is 3. The zero-order chi connectivity index (χ0) is 20.0. The van der Waals surface area contributed by atoms with E-state index in [-0.39, 0.29) is 11.3 Å². The molecule has 0 saturated carbocycles. The van der Waals surface area contributed by atoms with E-state index in [4.69, 9.17) is 11.6 Å². The minimum Gasteiger partial charge on any atom is -0.350 e. The molecule has 2 aromatic carbocycles. The standard InChI is InChI=1S/C24H19ClN2O2/c25-16-10-6-9-15(13-16)23(28)20-19-17-11-4-5-12-18(17)26-24(29)22(19)27-21(20)14-7-2-1-3-8-14/h4-7,9-13,27H,1-3,8H2,(H,26,29). The largest absolute Gasteiger partial charge is 0.350 e. The Morgan fingerprint density at radius 2 is 1.86 bits per heavy atom. The number of carbonyl (C=O) groups excluding carboxylic acids is 1. The number of aromatic amines is 2. The van der Waals surface area contributed by atoms with E-state index in [1.54, 1.807) is 24.3 Å². The van der Waals surface area contributed by atoms with Crippen molar-refractivity contribution < 1.29 is 4.79 Å². The van der Waals surface area contributed by atoms with Crippen LogP contribution in [0.5, 0.6) is 0 Å². The molecular weight excluding hydrogens is 384 g/mol. The number of H-pyrrole nitrogens is 2. The molecule has 2 heterocycles. The maximum atomic E-state index is 13.7. The van der Waals surface area contributed by atoms with Crippen LogP contribution in [0.4, 0.5) is 0 Å². The van der Waals surface area contributed by atoms with Gasteiger partial charge >= 0.3 is 0 Å². The Bertz CT molecular complexity index is 1360. The molecule has 0 radical (unpaired) electrons. The molecule has 0 amide bonds. The Morgan fingerprint density at radius 1 is 1.00 bits per heavy atom. The van der Waals surface area contributed by atoms with Crippen molar-refractivity contribution in [2.24, 2.45) is 0 Å². The van der Waals surface area contributed by atoms with Gasteiger partial charge in [-0.2, -0.15) is 0 Å². The van der Waals surface area contributed by atoms with E-state index in [1.807, 2.05) is 24.3 Å². The van der Waals surface area contributed by atoms with Gasteiger partial charge in [-0.15, -0.1) is 0 Å². The van der Waals surface area contributed by atoms with Gasteiger partial charge in [0.2, 0.25) is 0 Å². The lowest BCUT2D eigenvalue weighted by Gasteiger charge is -2.13. The molecule has 0 bridgehead atoms. The van der Waals surface area contributed by atoms with Crippen molar-refractivity contribution >= 4 is 44.8 Å². The Balaban J connectivity index is 1.89. The number of nitrogens with one attached hydrogen (secondary N) is 2. The van der Waals surface area contributed by atoms with Crippen LogP contribution in [-0.2, 0) is 0 Å². The fourth-order valence-corrected chi connectivity index (χ4v) is 4.43. The third kappa shape index (κ3) is 3.00. The summed E-state index contributed by atoms with van der Waals surface area (Å²) >= 11 is 6.15. The van der Waals surface area contributed by atoms with Gasteiger partial charge in [0.15, 0.2) is 5.78 Å². The van der Waals surface area contributed by atoms with Gasteiger partial charge in [0, 0.05) is 26.9 Å². The third-order valence-corrected chi connectivity index (χ3v) is 5.83. The lowest BCUT2D eigenvalue weighted by atomic mass is 9.91. The highest BCUT2D eigenvalue weighted by Crippen LogP contribution is 2.36. The van der Waals surface area contributed by atoms with Crippen molar-refractivity contribution in [1.82, 2.24) is 9.97 Å². The summed E-state index contributed by atoms with van der Waals surface area (Å²) in [7, 11) is 0. The summed E-state index contributed by atoms with van der Waals surface area (Å²) in [5.74, 6) is -0.129. The van der Waals surface area contributed by atoms with Gasteiger partial charge in [0.05, 0.1) is 11.3 Å². The molecule has 144 valence electrons. The average molecular weight is 403 g/mol. The molecule has 0 spiro atoms. The second-order valence-corrected chi connectivity index (χ2v) is 7.88. The number of hydrogen-bond donors (Lipinski definition) is 2. The third-order valence-electron chi connectivity index (χ3n) is 5.60. The van der Waals surface area contributed by atoms with Gasteiger partial charge in [-0.3, -0.25) is 9.59 Å². The van der Waals surface area contributed by atoms with Crippen molar-refractivity contribution in [1.29, 1.82) is 0 Å². The van der Waals surface area contributed by atoms with Gasteiger partial charge < -0.3 is 9.97 Å². The van der Waals surface area contributed by atoms with Crippen LogP contribution in [-0.4, -0.2) is 15.8 Å². The van der Waals surface area contributed by atoms with Crippen LogP contribution < -0.4 is 5.56 Å². The van der Waals surface area contributed by atoms with E-state index < -0.39 is 0 Å². The molecule has 29 heavy (non-hydrogen) atoms. The van der Waals surface area contributed by atoms with Crippen LogP contribution in [0.3, 0.4) is 0 Å². The molecule has 4 aromatic rings. The van der Waals surface area contributed by atoms with Crippen molar-refractivity contribution in [3.63, 3.8) is 0 Å². The first-order chi connectivity index (χ1) is 14.1. The Hall–Kier alpha value is -3.11. The van der Waals surface area contributed by atoms with Crippen LogP contribution >= 0.6 is 11.6 Å². The first kappa shape index (κ1) is 18.0. The number of halogens is 1. The SMILES string of the molecule is O=C(c1cccc(Cl)c1)c1c(C2=CCCCC2)[nH]c2c(=O)[nH]c3ccccc3c12. The van der Waals surface area contributed by atoms with Crippen LogP contribution in [0, 0.1) is 0 Å². The van der Waals surface area contributed by atoms with E-state index in [1.165, 1.54) is 0 Å². The molecule has 1 aliphatic rings. The first-order valence-corrected chi connectivity index (χ1v) is 10.2. The van der Waals surface area contributed by atoms with Crippen molar-refractivity contribution in [3.05, 3.63) is 86.8 Å². The fraction of sp³-hybridized carbons (Fsp3) is 0.167. The number of allylic oxidation sites excluding steroid dienone is 2. The predicted octanol–water partition coefficient (Wildman–Crippen LogP) is 5.85.